The molecule has 84 valence electrons. The van der Waals surface area contributed by atoms with Crippen LogP contribution in [0, 0.1) is 0 Å². The van der Waals surface area contributed by atoms with Crippen LogP contribution in [-0.4, -0.2) is 31.9 Å². The summed E-state index contributed by atoms with van der Waals surface area (Å²) in [7, 11) is 1.87. The summed E-state index contributed by atoms with van der Waals surface area (Å²) in [6.45, 7) is 2.57. The lowest BCUT2D eigenvalue weighted by atomic mass is 10.2. The van der Waals surface area contributed by atoms with E-state index in [1.54, 1.807) is 6.33 Å². The molecule has 0 fully saturated rings. The number of aromatic nitrogens is 3. The van der Waals surface area contributed by atoms with E-state index in [9.17, 15) is 4.79 Å². The van der Waals surface area contributed by atoms with Crippen molar-refractivity contribution in [1.82, 2.24) is 20.1 Å². The van der Waals surface area contributed by atoms with Gasteiger partial charge in [-0.2, -0.15) is 0 Å². The Hall–Kier alpha value is -1.43. The van der Waals surface area contributed by atoms with Gasteiger partial charge in [0.2, 0.25) is 0 Å². The summed E-state index contributed by atoms with van der Waals surface area (Å²) in [4.78, 5) is 10.3. The Kier molecular flexibility index (Phi) is 4.23. The molecule has 0 radical (unpaired) electrons. The SMILES string of the molecule is CC(CCC(=O)O)NCc1nncn1C. The van der Waals surface area contributed by atoms with E-state index in [1.807, 2.05) is 18.5 Å². The Morgan fingerprint density at radius 1 is 1.73 bits per heavy atom. The molecule has 0 bridgehead atoms. The van der Waals surface area contributed by atoms with E-state index in [1.165, 1.54) is 0 Å². The van der Waals surface area contributed by atoms with Crippen molar-refractivity contribution in [3.05, 3.63) is 12.2 Å². The highest BCUT2D eigenvalue weighted by Crippen LogP contribution is 1.98. The summed E-state index contributed by atoms with van der Waals surface area (Å²) in [6.07, 6.45) is 2.44. The van der Waals surface area contributed by atoms with Crippen LogP contribution in [0.3, 0.4) is 0 Å². The molecule has 0 aliphatic heterocycles. The third-order valence-corrected chi connectivity index (χ3v) is 2.21. The molecule has 1 heterocycles. The summed E-state index contributed by atoms with van der Waals surface area (Å²) in [5, 5.41) is 19.4. The van der Waals surface area contributed by atoms with Crippen LogP contribution in [0.5, 0.6) is 0 Å². The third-order valence-electron chi connectivity index (χ3n) is 2.21. The molecule has 2 N–H and O–H groups in total. The van der Waals surface area contributed by atoms with Gasteiger partial charge in [-0.25, -0.2) is 0 Å². The van der Waals surface area contributed by atoms with Gasteiger partial charge in [-0.15, -0.1) is 10.2 Å². The third kappa shape index (κ3) is 4.07. The maximum atomic E-state index is 10.3. The Bertz CT molecular complexity index is 324. The van der Waals surface area contributed by atoms with Gasteiger partial charge in [0.25, 0.3) is 0 Å². The first kappa shape index (κ1) is 11.6. The molecule has 0 saturated heterocycles. The van der Waals surface area contributed by atoms with E-state index in [-0.39, 0.29) is 12.5 Å². The Labute approximate surface area is 88.3 Å². The van der Waals surface area contributed by atoms with Gasteiger partial charge in [-0.05, 0) is 13.3 Å². The van der Waals surface area contributed by atoms with Gasteiger partial charge in [0.05, 0.1) is 6.54 Å². The number of carbonyl (C=O) groups is 1. The molecule has 0 aliphatic carbocycles. The standard InChI is InChI=1S/C9H16N4O2/c1-7(3-4-9(14)15)10-5-8-12-11-6-13(8)2/h6-7,10H,3-5H2,1-2H3,(H,14,15). The van der Waals surface area contributed by atoms with Crippen LogP contribution in [0.1, 0.15) is 25.6 Å². The number of rotatable bonds is 6. The van der Waals surface area contributed by atoms with E-state index in [4.69, 9.17) is 5.11 Å². The average Bonchev–Trinajstić information content (AvgIpc) is 2.58. The second kappa shape index (κ2) is 5.45. The van der Waals surface area contributed by atoms with Gasteiger partial charge in [-0.1, -0.05) is 0 Å². The fourth-order valence-corrected chi connectivity index (χ4v) is 1.17. The fraction of sp³-hybridized carbons (Fsp3) is 0.667. The van der Waals surface area contributed by atoms with Gasteiger partial charge in [-0.3, -0.25) is 4.79 Å². The molecule has 1 unspecified atom stereocenters. The van der Waals surface area contributed by atoms with Crippen LogP contribution < -0.4 is 5.32 Å². The fourth-order valence-electron chi connectivity index (χ4n) is 1.17. The summed E-state index contributed by atoms with van der Waals surface area (Å²) < 4.78 is 1.83. The normalized spacial score (nSPS) is 12.7. The summed E-state index contributed by atoms with van der Waals surface area (Å²) in [5.41, 5.74) is 0. The molecule has 15 heavy (non-hydrogen) atoms. The predicted molar refractivity (Wildman–Crippen MR) is 54.2 cm³/mol. The van der Waals surface area contributed by atoms with E-state index in [0.717, 1.165) is 5.82 Å². The van der Waals surface area contributed by atoms with E-state index < -0.39 is 5.97 Å². The molecule has 0 amide bonds. The number of hydrogen-bond donors (Lipinski definition) is 2. The number of nitrogens with one attached hydrogen (secondary N) is 1. The molecule has 6 nitrogen and oxygen atoms in total. The molecular weight excluding hydrogens is 196 g/mol. The lowest BCUT2D eigenvalue weighted by Crippen LogP contribution is -2.27. The minimum atomic E-state index is -0.762. The quantitative estimate of drug-likeness (QED) is 0.702. The zero-order valence-corrected chi connectivity index (χ0v) is 8.97. The monoisotopic (exact) mass is 212 g/mol. The first-order chi connectivity index (χ1) is 7.09. The van der Waals surface area contributed by atoms with E-state index in [2.05, 4.69) is 15.5 Å². The molecule has 0 saturated carbocycles. The Morgan fingerprint density at radius 2 is 2.47 bits per heavy atom. The Balaban J connectivity index is 2.25. The number of carboxylic acids is 1. The maximum absolute atomic E-state index is 10.3. The van der Waals surface area contributed by atoms with Gasteiger partial charge in [0.15, 0.2) is 0 Å². The molecule has 1 aromatic heterocycles. The molecule has 0 aliphatic rings. The van der Waals surface area contributed by atoms with Crippen molar-refractivity contribution in [1.29, 1.82) is 0 Å². The van der Waals surface area contributed by atoms with Gasteiger partial charge >= 0.3 is 5.97 Å². The van der Waals surface area contributed by atoms with Crippen molar-refractivity contribution in [2.24, 2.45) is 7.05 Å². The number of carboxylic acid groups (broad SMARTS) is 1. The van der Waals surface area contributed by atoms with Gasteiger partial charge in [0.1, 0.15) is 12.2 Å². The summed E-state index contributed by atoms with van der Waals surface area (Å²) in [6, 6.07) is 0.165. The highest BCUT2D eigenvalue weighted by atomic mass is 16.4. The lowest BCUT2D eigenvalue weighted by Gasteiger charge is -2.11. The second-order valence-corrected chi connectivity index (χ2v) is 3.57. The topological polar surface area (TPSA) is 80.0 Å². The van der Waals surface area contributed by atoms with Crippen LogP contribution in [0.4, 0.5) is 0 Å². The summed E-state index contributed by atoms with van der Waals surface area (Å²) in [5.74, 6) is 0.0829. The number of aliphatic carboxylic acids is 1. The van der Waals surface area contributed by atoms with Crippen LogP contribution in [-0.2, 0) is 18.4 Å². The Morgan fingerprint density at radius 3 is 3.00 bits per heavy atom. The molecule has 0 spiro atoms. The first-order valence-corrected chi connectivity index (χ1v) is 4.87. The predicted octanol–water partition coefficient (Wildman–Crippen LogP) is 0.158. The van der Waals surface area contributed by atoms with E-state index in [0.29, 0.717) is 13.0 Å². The highest BCUT2D eigenvalue weighted by Gasteiger charge is 2.06. The van der Waals surface area contributed by atoms with Gasteiger partial charge < -0.3 is 15.0 Å². The van der Waals surface area contributed by atoms with Crippen LogP contribution >= 0.6 is 0 Å². The molecule has 1 atom stereocenters. The number of aryl methyl sites for hydroxylation is 1. The average molecular weight is 212 g/mol. The van der Waals surface area contributed by atoms with Crippen molar-refractivity contribution in [3.63, 3.8) is 0 Å². The smallest absolute Gasteiger partial charge is 0.303 e. The van der Waals surface area contributed by atoms with Crippen LogP contribution in [0.2, 0.25) is 0 Å². The number of nitrogens with zero attached hydrogens (tertiary/aromatic N) is 3. The second-order valence-electron chi connectivity index (χ2n) is 3.57. The molecular formula is C9H16N4O2. The molecule has 0 aromatic carbocycles. The molecule has 1 aromatic rings. The highest BCUT2D eigenvalue weighted by molar-refractivity contribution is 5.66. The van der Waals surface area contributed by atoms with Crippen molar-refractivity contribution in [3.8, 4) is 0 Å². The lowest BCUT2D eigenvalue weighted by molar-refractivity contribution is -0.137. The van der Waals surface area contributed by atoms with E-state index >= 15 is 0 Å². The first-order valence-electron chi connectivity index (χ1n) is 4.87. The van der Waals surface area contributed by atoms with Crippen molar-refractivity contribution in [2.75, 3.05) is 0 Å². The van der Waals surface area contributed by atoms with Crippen LogP contribution in [0.15, 0.2) is 6.33 Å². The molecule has 6 heteroatoms. The zero-order chi connectivity index (χ0) is 11.3. The molecule has 1 rings (SSSR count). The zero-order valence-electron chi connectivity index (χ0n) is 8.97. The van der Waals surface area contributed by atoms with Gasteiger partial charge in [0, 0.05) is 19.5 Å². The minimum absolute atomic E-state index is 0.165. The van der Waals surface area contributed by atoms with Crippen LogP contribution in [0.25, 0.3) is 0 Å². The number of hydrogen-bond acceptors (Lipinski definition) is 4. The maximum Gasteiger partial charge on any atom is 0.303 e. The van der Waals surface area contributed by atoms with Crippen molar-refractivity contribution < 1.29 is 9.90 Å². The summed E-state index contributed by atoms with van der Waals surface area (Å²) >= 11 is 0. The largest absolute Gasteiger partial charge is 0.481 e. The minimum Gasteiger partial charge on any atom is -0.481 e. The van der Waals surface area contributed by atoms with Crippen molar-refractivity contribution >= 4 is 5.97 Å². The van der Waals surface area contributed by atoms with Crippen molar-refractivity contribution in [2.45, 2.75) is 32.4 Å².